The van der Waals surface area contributed by atoms with Crippen molar-refractivity contribution in [2.45, 2.75) is 44.7 Å². The first kappa shape index (κ1) is 24.4. The van der Waals surface area contributed by atoms with Gasteiger partial charge in [0.1, 0.15) is 6.04 Å². The molecule has 0 radical (unpaired) electrons. The van der Waals surface area contributed by atoms with E-state index in [2.05, 4.69) is 10.6 Å². The molecule has 8 nitrogen and oxygen atoms in total. The summed E-state index contributed by atoms with van der Waals surface area (Å²) in [6.07, 6.45) is 5.30. The van der Waals surface area contributed by atoms with Crippen LogP contribution in [-0.2, 0) is 9.59 Å². The summed E-state index contributed by atoms with van der Waals surface area (Å²) in [5, 5.41) is 7.53. The fourth-order valence-electron chi connectivity index (χ4n) is 4.20. The third-order valence-electron chi connectivity index (χ3n) is 5.99. The molecule has 0 unspecified atom stereocenters. The van der Waals surface area contributed by atoms with E-state index in [1.165, 1.54) is 35.5 Å². The summed E-state index contributed by atoms with van der Waals surface area (Å²) < 4.78 is 5.10. The second-order valence-corrected chi connectivity index (χ2v) is 9.41. The van der Waals surface area contributed by atoms with Gasteiger partial charge >= 0.3 is 0 Å². The van der Waals surface area contributed by atoms with Crippen LogP contribution >= 0.6 is 11.3 Å². The molecule has 0 aliphatic heterocycles. The van der Waals surface area contributed by atoms with E-state index in [-0.39, 0.29) is 30.0 Å². The summed E-state index contributed by atoms with van der Waals surface area (Å²) in [4.78, 5) is 53.3. The average molecular weight is 494 g/mol. The molecule has 1 atom stereocenters. The molecular formula is C26H27N3O5S. The van der Waals surface area contributed by atoms with Crippen LogP contribution in [0, 0.1) is 0 Å². The summed E-state index contributed by atoms with van der Waals surface area (Å²) in [6, 6.07) is 12.4. The fourth-order valence-corrected chi connectivity index (χ4v) is 5.01. The first-order chi connectivity index (χ1) is 16.9. The van der Waals surface area contributed by atoms with Crippen LogP contribution in [0.4, 0.5) is 5.69 Å². The Labute approximate surface area is 207 Å². The van der Waals surface area contributed by atoms with Crippen LogP contribution in [0.1, 0.15) is 64.4 Å². The third kappa shape index (κ3) is 5.86. The maximum absolute atomic E-state index is 13.6. The molecule has 1 aromatic carbocycles. The van der Waals surface area contributed by atoms with E-state index >= 15 is 0 Å². The molecule has 3 aromatic rings. The van der Waals surface area contributed by atoms with Crippen molar-refractivity contribution in [2.24, 2.45) is 0 Å². The van der Waals surface area contributed by atoms with Crippen molar-refractivity contribution in [3.05, 3.63) is 76.4 Å². The Morgan fingerprint density at radius 3 is 2.40 bits per heavy atom. The first-order valence-corrected chi connectivity index (χ1v) is 12.4. The van der Waals surface area contributed by atoms with Gasteiger partial charge in [-0.3, -0.25) is 24.1 Å². The number of hydrogen-bond acceptors (Lipinski definition) is 6. The standard InChI is InChI=1S/C26H27N3O5S/c1-17(30)18-10-12-20(13-11-18)29(23(31)16-27-25(32)21-8-4-14-34-21)24(22-9-5-15-35-22)26(33)28-19-6-2-3-7-19/h4-5,8-15,19,24H,2-3,6-7,16H2,1H3,(H,27,32)(H,28,33)/t24-/m1/s1. The molecule has 1 aliphatic rings. The van der Waals surface area contributed by atoms with E-state index in [1.54, 1.807) is 30.3 Å². The smallest absolute Gasteiger partial charge is 0.287 e. The van der Waals surface area contributed by atoms with Crippen LogP contribution in [0.2, 0.25) is 0 Å². The number of benzene rings is 1. The van der Waals surface area contributed by atoms with Gasteiger partial charge in [-0.05, 0) is 67.6 Å². The summed E-state index contributed by atoms with van der Waals surface area (Å²) in [5.41, 5.74) is 0.947. The maximum Gasteiger partial charge on any atom is 0.287 e. The molecule has 3 amide bonds. The topological polar surface area (TPSA) is 109 Å². The van der Waals surface area contributed by atoms with Crippen LogP contribution in [0.25, 0.3) is 0 Å². The van der Waals surface area contributed by atoms with Crippen molar-refractivity contribution in [2.75, 3.05) is 11.4 Å². The fraction of sp³-hybridized carbons (Fsp3) is 0.308. The van der Waals surface area contributed by atoms with Crippen molar-refractivity contribution < 1.29 is 23.6 Å². The molecule has 0 bridgehead atoms. The largest absolute Gasteiger partial charge is 0.459 e. The number of ketones is 1. The predicted molar refractivity (Wildman–Crippen MR) is 132 cm³/mol. The normalized spacial score (nSPS) is 14.3. The van der Waals surface area contributed by atoms with Gasteiger partial charge in [-0.25, -0.2) is 0 Å². The molecule has 2 N–H and O–H groups in total. The van der Waals surface area contributed by atoms with E-state index in [9.17, 15) is 19.2 Å². The van der Waals surface area contributed by atoms with Gasteiger partial charge in [0.15, 0.2) is 11.5 Å². The van der Waals surface area contributed by atoms with Crippen molar-refractivity contribution in [3.63, 3.8) is 0 Å². The Hall–Kier alpha value is -3.72. The number of carbonyl (C=O) groups is 4. The number of Topliss-reactive ketones (excluding diaryl/α,β-unsaturated/α-hetero) is 1. The average Bonchev–Trinajstić information content (AvgIpc) is 3.64. The van der Waals surface area contributed by atoms with Crippen molar-refractivity contribution in [3.8, 4) is 0 Å². The second kappa shape index (κ2) is 11.1. The first-order valence-electron chi connectivity index (χ1n) is 11.5. The lowest BCUT2D eigenvalue weighted by Gasteiger charge is -2.31. The van der Waals surface area contributed by atoms with E-state index < -0.39 is 17.9 Å². The second-order valence-electron chi connectivity index (χ2n) is 8.43. The molecule has 0 spiro atoms. The van der Waals surface area contributed by atoms with Crippen molar-refractivity contribution in [1.82, 2.24) is 10.6 Å². The summed E-state index contributed by atoms with van der Waals surface area (Å²) >= 11 is 1.38. The van der Waals surface area contributed by atoms with Crippen LogP contribution in [0.15, 0.2) is 64.6 Å². The Morgan fingerprint density at radius 1 is 1.06 bits per heavy atom. The predicted octanol–water partition coefficient (Wildman–Crippen LogP) is 4.11. The number of rotatable bonds is 9. The summed E-state index contributed by atoms with van der Waals surface area (Å²) in [6.45, 7) is 1.12. The third-order valence-corrected chi connectivity index (χ3v) is 6.91. The number of nitrogens with zero attached hydrogens (tertiary/aromatic N) is 1. The number of hydrogen-bond donors (Lipinski definition) is 2. The van der Waals surface area contributed by atoms with Gasteiger partial charge in [-0.15, -0.1) is 11.3 Å². The number of thiophene rings is 1. The Morgan fingerprint density at radius 2 is 1.80 bits per heavy atom. The number of carbonyl (C=O) groups excluding carboxylic acids is 4. The highest BCUT2D eigenvalue weighted by Crippen LogP contribution is 2.32. The number of furan rings is 1. The molecule has 2 aromatic heterocycles. The highest BCUT2D eigenvalue weighted by atomic mass is 32.1. The molecule has 1 aliphatic carbocycles. The number of nitrogens with one attached hydrogen (secondary N) is 2. The Kier molecular flexibility index (Phi) is 7.77. The molecule has 0 saturated heterocycles. The molecule has 2 heterocycles. The van der Waals surface area contributed by atoms with Gasteiger partial charge in [0.25, 0.3) is 5.91 Å². The lowest BCUT2D eigenvalue weighted by molar-refractivity contribution is -0.126. The molecule has 1 saturated carbocycles. The number of anilines is 1. The van der Waals surface area contributed by atoms with E-state index in [4.69, 9.17) is 4.42 Å². The zero-order valence-electron chi connectivity index (χ0n) is 19.4. The lowest BCUT2D eigenvalue weighted by atomic mass is 10.1. The monoisotopic (exact) mass is 493 g/mol. The minimum Gasteiger partial charge on any atom is -0.459 e. The zero-order valence-corrected chi connectivity index (χ0v) is 20.2. The minimum absolute atomic E-state index is 0.0701. The number of amides is 3. The molecule has 35 heavy (non-hydrogen) atoms. The molecular weight excluding hydrogens is 466 g/mol. The highest BCUT2D eigenvalue weighted by molar-refractivity contribution is 7.10. The maximum atomic E-state index is 13.6. The van der Waals surface area contributed by atoms with Gasteiger partial charge in [0.05, 0.1) is 12.8 Å². The molecule has 1 fully saturated rings. The highest BCUT2D eigenvalue weighted by Gasteiger charge is 2.35. The van der Waals surface area contributed by atoms with E-state index in [1.807, 2.05) is 17.5 Å². The zero-order chi connectivity index (χ0) is 24.8. The van der Waals surface area contributed by atoms with Gasteiger partial charge in [-0.2, -0.15) is 0 Å². The van der Waals surface area contributed by atoms with E-state index in [0.29, 0.717) is 16.1 Å². The van der Waals surface area contributed by atoms with Crippen LogP contribution in [0.5, 0.6) is 0 Å². The molecule has 4 rings (SSSR count). The SMILES string of the molecule is CC(=O)c1ccc(N(C(=O)CNC(=O)c2ccco2)[C@@H](C(=O)NC2CCCC2)c2cccs2)cc1. The molecule has 182 valence electrons. The van der Waals surface area contributed by atoms with E-state index in [0.717, 1.165) is 25.7 Å². The van der Waals surface area contributed by atoms with Gasteiger partial charge in [-0.1, -0.05) is 18.9 Å². The lowest BCUT2D eigenvalue weighted by Crippen LogP contribution is -2.49. The van der Waals surface area contributed by atoms with Gasteiger partial charge in [0, 0.05) is 22.2 Å². The minimum atomic E-state index is -0.924. The summed E-state index contributed by atoms with van der Waals surface area (Å²) in [5.74, 6) is -1.29. The molecule has 9 heteroatoms. The van der Waals surface area contributed by atoms with Crippen molar-refractivity contribution in [1.29, 1.82) is 0 Å². The van der Waals surface area contributed by atoms with Crippen LogP contribution in [-0.4, -0.2) is 36.1 Å². The summed E-state index contributed by atoms with van der Waals surface area (Å²) in [7, 11) is 0. The Bertz CT molecular complexity index is 1170. The van der Waals surface area contributed by atoms with Gasteiger partial charge < -0.3 is 15.1 Å². The van der Waals surface area contributed by atoms with Crippen molar-refractivity contribution >= 4 is 40.5 Å². The van der Waals surface area contributed by atoms with Crippen LogP contribution < -0.4 is 15.5 Å². The van der Waals surface area contributed by atoms with Crippen LogP contribution in [0.3, 0.4) is 0 Å². The Balaban J connectivity index is 1.65. The quantitative estimate of drug-likeness (QED) is 0.436. The van der Waals surface area contributed by atoms with Gasteiger partial charge in [0.2, 0.25) is 11.8 Å².